The molecule has 0 saturated carbocycles. The number of hydrogen-bond donors (Lipinski definition) is 1. The van der Waals surface area contributed by atoms with Gasteiger partial charge in [-0.1, -0.05) is 72.4 Å². The monoisotopic (exact) mass is 363 g/mol. The van der Waals surface area contributed by atoms with Crippen molar-refractivity contribution >= 4 is 23.4 Å². The van der Waals surface area contributed by atoms with Crippen LogP contribution in [0, 0.1) is 0 Å². The molecule has 0 atom stereocenters. The van der Waals surface area contributed by atoms with Gasteiger partial charge >= 0.3 is 0 Å². The molecular weight excluding hydrogens is 346 g/mol. The molecule has 4 rings (SSSR count). The SMILES string of the molecule is O=C(CSc1n[nH]c(-c2ccccc2)n1)N1CCC(c2ccccc2)=N1. The highest BCUT2D eigenvalue weighted by atomic mass is 32.2. The fraction of sp³-hybridized carbons (Fsp3) is 0.158. The predicted octanol–water partition coefficient (Wildman–Crippen LogP) is 3.20. The van der Waals surface area contributed by atoms with E-state index in [0.29, 0.717) is 17.5 Å². The number of H-pyrrole nitrogens is 1. The summed E-state index contributed by atoms with van der Waals surface area (Å²) in [6, 6.07) is 19.7. The van der Waals surface area contributed by atoms with Crippen LogP contribution in [0.1, 0.15) is 12.0 Å². The van der Waals surface area contributed by atoms with E-state index in [-0.39, 0.29) is 11.7 Å². The smallest absolute Gasteiger partial charge is 0.253 e. The Morgan fingerprint density at radius 3 is 2.46 bits per heavy atom. The Hall–Kier alpha value is -2.93. The van der Waals surface area contributed by atoms with Crippen LogP contribution in [-0.4, -0.2) is 44.1 Å². The molecule has 26 heavy (non-hydrogen) atoms. The second kappa shape index (κ2) is 7.53. The predicted molar refractivity (Wildman–Crippen MR) is 102 cm³/mol. The Bertz CT molecular complexity index is 923. The van der Waals surface area contributed by atoms with Gasteiger partial charge in [0.15, 0.2) is 5.82 Å². The first-order chi connectivity index (χ1) is 12.8. The van der Waals surface area contributed by atoms with Gasteiger partial charge in [0.25, 0.3) is 5.91 Å². The molecule has 0 radical (unpaired) electrons. The van der Waals surface area contributed by atoms with Gasteiger partial charge in [-0.3, -0.25) is 9.89 Å². The average molecular weight is 363 g/mol. The largest absolute Gasteiger partial charge is 0.272 e. The minimum atomic E-state index is -0.0352. The topological polar surface area (TPSA) is 74.2 Å². The molecule has 3 aromatic rings. The molecule has 130 valence electrons. The summed E-state index contributed by atoms with van der Waals surface area (Å²) in [5.41, 5.74) is 2.99. The van der Waals surface area contributed by atoms with E-state index in [0.717, 1.165) is 23.3 Å². The zero-order chi connectivity index (χ0) is 17.8. The molecule has 1 aromatic heterocycles. The number of carbonyl (C=O) groups is 1. The van der Waals surface area contributed by atoms with Crippen LogP contribution in [0.4, 0.5) is 0 Å². The summed E-state index contributed by atoms with van der Waals surface area (Å²) in [5.74, 6) is 0.926. The Kier molecular flexibility index (Phi) is 4.79. The molecule has 0 aliphatic carbocycles. The number of nitrogens with one attached hydrogen (secondary N) is 1. The number of aromatic amines is 1. The number of rotatable bonds is 5. The van der Waals surface area contributed by atoms with Crippen LogP contribution in [0.2, 0.25) is 0 Å². The Morgan fingerprint density at radius 1 is 1.04 bits per heavy atom. The van der Waals surface area contributed by atoms with Crippen LogP contribution in [0.5, 0.6) is 0 Å². The van der Waals surface area contributed by atoms with E-state index in [1.807, 2.05) is 60.7 Å². The number of amides is 1. The number of aromatic nitrogens is 3. The zero-order valence-electron chi connectivity index (χ0n) is 14.0. The third-order valence-electron chi connectivity index (χ3n) is 4.03. The summed E-state index contributed by atoms with van der Waals surface area (Å²) in [7, 11) is 0. The molecule has 0 fully saturated rings. The number of benzene rings is 2. The summed E-state index contributed by atoms with van der Waals surface area (Å²) in [5, 5.41) is 13.6. The molecule has 1 N–H and O–H groups in total. The molecule has 2 aromatic carbocycles. The highest BCUT2D eigenvalue weighted by Crippen LogP contribution is 2.20. The Labute approximate surface area is 155 Å². The van der Waals surface area contributed by atoms with E-state index in [9.17, 15) is 4.79 Å². The fourth-order valence-electron chi connectivity index (χ4n) is 2.71. The van der Waals surface area contributed by atoms with Crippen molar-refractivity contribution in [2.75, 3.05) is 12.3 Å². The fourth-order valence-corrected chi connectivity index (χ4v) is 3.38. The first-order valence-corrected chi connectivity index (χ1v) is 9.32. The van der Waals surface area contributed by atoms with Crippen LogP contribution in [-0.2, 0) is 4.79 Å². The van der Waals surface area contributed by atoms with Gasteiger partial charge in [0.2, 0.25) is 5.16 Å². The minimum Gasteiger partial charge on any atom is -0.272 e. The summed E-state index contributed by atoms with van der Waals surface area (Å²) < 4.78 is 0. The molecule has 6 nitrogen and oxygen atoms in total. The maximum atomic E-state index is 12.4. The molecular formula is C19H17N5OS. The minimum absolute atomic E-state index is 0.0352. The number of nitrogens with zero attached hydrogens (tertiary/aromatic N) is 4. The van der Waals surface area contributed by atoms with E-state index in [4.69, 9.17) is 0 Å². The zero-order valence-corrected chi connectivity index (χ0v) is 14.8. The van der Waals surface area contributed by atoms with Gasteiger partial charge in [-0.2, -0.15) is 5.10 Å². The van der Waals surface area contributed by atoms with Gasteiger partial charge < -0.3 is 0 Å². The lowest BCUT2D eigenvalue weighted by atomic mass is 10.1. The average Bonchev–Trinajstić information content (AvgIpc) is 3.37. The third-order valence-corrected chi connectivity index (χ3v) is 4.87. The molecule has 1 amide bonds. The van der Waals surface area contributed by atoms with Crippen LogP contribution < -0.4 is 0 Å². The van der Waals surface area contributed by atoms with Crippen molar-refractivity contribution in [3.63, 3.8) is 0 Å². The van der Waals surface area contributed by atoms with E-state index in [1.54, 1.807) is 5.01 Å². The van der Waals surface area contributed by atoms with E-state index >= 15 is 0 Å². The van der Waals surface area contributed by atoms with Crippen molar-refractivity contribution in [3.05, 3.63) is 66.2 Å². The van der Waals surface area contributed by atoms with Crippen molar-refractivity contribution < 1.29 is 4.79 Å². The number of thioether (sulfide) groups is 1. The summed E-state index contributed by atoms with van der Waals surface area (Å²) in [6.07, 6.45) is 0.777. The number of hydrogen-bond acceptors (Lipinski definition) is 5. The van der Waals surface area contributed by atoms with E-state index in [2.05, 4.69) is 20.3 Å². The van der Waals surface area contributed by atoms with Gasteiger partial charge in [0.05, 0.1) is 18.0 Å². The lowest BCUT2D eigenvalue weighted by molar-refractivity contribution is -0.127. The van der Waals surface area contributed by atoms with Gasteiger partial charge in [-0.05, 0) is 5.56 Å². The second-order valence-corrected chi connectivity index (χ2v) is 6.74. The van der Waals surface area contributed by atoms with Crippen molar-refractivity contribution in [1.29, 1.82) is 0 Å². The lowest BCUT2D eigenvalue weighted by Crippen LogP contribution is -2.25. The first kappa shape index (κ1) is 16.5. The standard InChI is InChI=1S/C19H17N5OS/c25-17(24-12-11-16(23-24)14-7-3-1-4-8-14)13-26-19-20-18(21-22-19)15-9-5-2-6-10-15/h1-10H,11-13H2,(H,20,21,22). The molecule has 0 unspecified atom stereocenters. The molecule has 2 heterocycles. The second-order valence-electron chi connectivity index (χ2n) is 5.80. The van der Waals surface area contributed by atoms with E-state index < -0.39 is 0 Å². The van der Waals surface area contributed by atoms with Crippen molar-refractivity contribution in [2.45, 2.75) is 11.6 Å². The molecule has 0 bridgehead atoms. The van der Waals surface area contributed by atoms with Crippen molar-refractivity contribution in [2.24, 2.45) is 5.10 Å². The normalized spacial score (nSPS) is 13.7. The quantitative estimate of drug-likeness (QED) is 0.707. The molecule has 7 heteroatoms. The first-order valence-electron chi connectivity index (χ1n) is 8.33. The van der Waals surface area contributed by atoms with Gasteiger partial charge in [0, 0.05) is 12.0 Å². The number of hydrazone groups is 1. The lowest BCUT2D eigenvalue weighted by Gasteiger charge is -2.09. The number of carbonyl (C=O) groups excluding carboxylic acids is 1. The van der Waals surface area contributed by atoms with Crippen LogP contribution in [0.25, 0.3) is 11.4 Å². The van der Waals surface area contributed by atoms with Crippen molar-refractivity contribution in [3.8, 4) is 11.4 Å². The van der Waals surface area contributed by atoms with Gasteiger partial charge in [-0.15, -0.1) is 5.10 Å². The Balaban J connectivity index is 1.36. The van der Waals surface area contributed by atoms with E-state index in [1.165, 1.54) is 11.8 Å². The van der Waals surface area contributed by atoms with Crippen LogP contribution >= 0.6 is 11.8 Å². The Morgan fingerprint density at radius 2 is 1.73 bits per heavy atom. The molecule has 1 aliphatic rings. The van der Waals surface area contributed by atoms with Crippen LogP contribution in [0.15, 0.2) is 70.9 Å². The summed E-state index contributed by atoms with van der Waals surface area (Å²) >= 11 is 1.31. The maximum Gasteiger partial charge on any atom is 0.253 e. The molecule has 0 spiro atoms. The molecule has 1 aliphatic heterocycles. The van der Waals surface area contributed by atoms with Crippen molar-refractivity contribution in [1.82, 2.24) is 20.2 Å². The third kappa shape index (κ3) is 3.67. The van der Waals surface area contributed by atoms with Gasteiger partial charge in [0.1, 0.15) is 0 Å². The highest BCUT2D eigenvalue weighted by Gasteiger charge is 2.22. The highest BCUT2D eigenvalue weighted by molar-refractivity contribution is 7.99. The maximum absolute atomic E-state index is 12.4. The summed E-state index contributed by atoms with van der Waals surface area (Å²) in [4.78, 5) is 16.8. The summed E-state index contributed by atoms with van der Waals surface area (Å²) in [6.45, 7) is 0.618. The van der Waals surface area contributed by atoms with Crippen LogP contribution in [0.3, 0.4) is 0 Å². The van der Waals surface area contributed by atoms with Gasteiger partial charge in [-0.25, -0.2) is 9.99 Å². The molecule has 0 saturated heterocycles.